The molecule has 0 aliphatic heterocycles. The fourth-order valence-corrected chi connectivity index (χ4v) is 1.79. The minimum Gasteiger partial charge on any atom is -0.403 e. The summed E-state index contributed by atoms with van der Waals surface area (Å²) in [4.78, 5) is 14.4. The summed E-state index contributed by atoms with van der Waals surface area (Å²) >= 11 is 7.20. The van der Waals surface area contributed by atoms with Crippen LogP contribution in [0.25, 0.3) is 0 Å². The van der Waals surface area contributed by atoms with Gasteiger partial charge in [-0.05, 0) is 28.7 Å². The first-order valence-corrected chi connectivity index (χ1v) is 5.45. The Balaban J connectivity index is 3.27. The first kappa shape index (κ1) is 13.5. The van der Waals surface area contributed by atoms with Crippen LogP contribution in [-0.4, -0.2) is 17.6 Å². The first-order valence-electron chi connectivity index (χ1n) is 3.83. The highest BCUT2D eigenvalue weighted by atomic mass is 127. The Kier molecular flexibility index (Phi) is 4.36. The van der Waals surface area contributed by atoms with Crippen LogP contribution in [0.3, 0.4) is 0 Å². The van der Waals surface area contributed by atoms with Crippen molar-refractivity contribution in [3.8, 4) is 5.75 Å². The Morgan fingerprint density at radius 3 is 2.62 bits per heavy atom. The minimum atomic E-state index is -4.88. The third-order valence-corrected chi connectivity index (χ3v) is 2.32. The molecule has 0 spiro atoms. The van der Waals surface area contributed by atoms with E-state index in [0.29, 0.717) is 3.70 Å². The van der Waals surface area contributed by atoms with Gasteiger partial charge in [-0.3, -0.25) is 4.79 Å². The van der Waals surface area contributed by atoms with Gasteiger partial charge in [0.05, 0.1) is 17.1 Å². The number of aldehydes is 1. The maximum Gasteiger partial charge on any atom is 0.573 e. The predicted octanol–water partition coefficient (Wildman–Crippen LogP) is 3.14. The van der Waals surface area contributed by atoms with Gasteiger partial charge in [0.25, 0.3) is 0 Å². The third-order valence-electron chi connectivity index (χ3n) is 1.51. The van der Waals surface area contributed by atoms with Crippen LogP contribution in [0.2, 0.25) is 0 Å². The summed E-state index contributed by atoms with van der Waals surface area (Å²) in [6, 6.07) is 1.19. The molecule has 0 unspecified atom stereocenters. The molecule has 0 atom stereocenters. The van der Waals surface area contributed by atoms with Crippen LogP contribution in [0.5, 0.6) is 5.75 Å². The first-order chi connectivity index (χ1) is 7.37. The van der Waals surface area contributed by atoms with E-state index in [-0.39, 0.29) is 23.4 Å². The van der Waals surface area contributed by atoms with E-state index in [1.807, 2.05) is 0 Å². The summed E-state index contributed by atoms with van der Waals surface area (Å²) in [6.07, 6.45) is -4.62. The lowest BCUT2D eigenvalue weighted by molar-refractivity contribution is -0.275. The normalized spacial score (nSPS) is 11.3. The molecule has 1 rings (SSSR count). The number of nitrogens with zero attached hydrogens (tertiary/aromatic N) is 1. The van der Waals surface area contributed by atoms with Gasteiger partial charge in [0, 0.05) is 0 Å². The standard InChI is InChI=1S/C8H4ClF3INO2/c9-2-5-7(16-8(10,11)12)4(3-15)1-6(13)14-5/h1,3H,2H2. The fraction of sp³-hybridized carbons (Fsp3) is 0.250. The summed E-state index contributed by atoms with van der Waals surface area (Å²) in [5, 5.41) is 0. The monoisotopic (exact) mass is 365 g/mol. The number of halogens is 5. The summed E-state index contributed by atoms with van der Waals surface area (Å²) < 4.78 is 40.3. The van der Waals surface area contributed by atoms with E-state index in [4.69, 9.17) is 11.6 Å². The number of rotatable bonds is 3. The largest absolute Gasteiger partial charge is 0.573 e. The van der Waals surface area contributed by atoms with E-state index < -0.39 is 12.1 Å². The number of hydrogen-bond donors (Lipinski definition) is 0. The zero-order chi connectivity index (χ0) is 12.3. The molecule has 1 aromatic rings. The second kappa shape index (κ2) is 5.17. The SMILES string of the molecule is O=Cc1cc(I)nc(CCl)c1OC(F)(F)F. The molecular formula is C8H4ClF3INO2. The van der Waals surface area contributed by atoms with Crippen molar-refractivity contribution >= 4 is 40.5 Å². The quantitative estimate of drug-likeness (QED) is 0.358. The molecule has 0 N–H and O–H groups in total. The average molecular weight is 365 g/mol. The maximum atomic E-state index is 12.1. The summed E-state index contributed by atoms with van der Waals surface area (Å²) in [6.45, 7) is 0. The van der Waals surface area contributed by atoms with Crippen molar-refractivity contribution in [1.82, 2.24) is 4.98 Å². The van der Waals surface area contributed by atoms with Gasteiger partial charge in [-0.25, -0.2) is 4.98 Å². The predicted molar refractivity (Wildman–Crippen MR) is 58.6 cm³/mol. The molecule has 0 aromatic carbocycles. The highest BCUT2D eigenvalue weighted by molar-refractivity contribution is 14.1. The minimum absolute atomic E-state index is 0.118. The molecule has 3 nitrogen and oxygen atoms in total. The number of alkyl halides is 4. The van der Waals surface area contributed by atoms with Gasteiger partial charge in [0.2, 0.25) is 0 Å². The van der Waals surface area contributed by atoms with Crippen LogP contribution in [0, 0.1) is 3.70 Å². The van der Waals surface area contributed by atoms with Crippen LogP contribution in [0.1, 0.15) is 16.1 Å². The van der Waals surface area contributed by atoms with Gasteiger partial charge in [-0.15, -0.1) is 24.8 Å². The second-order valence-corrected chi connectivity index (χ2v) is 3.98. The Morgan fingerprint density at radius 1 is 1.56 bits per heavy atom. The van der Waals surface area contributed by atoms with Gasteiger partial charge in [-0.2, -0.15) is 0 Å². The zero-order valence-electron chi connectivity index (χ0n) is 7.52. The van der Waals surface area contributed by atoms with Gasteiger partial charge in [0.1, 0.15) is 3.70 Å². The van der Waals surface area contributed by atoms with Crippen molar-refractivity contribution in [3.05, 3.63) is 21.0 Å². The van der Waals surface area contributed by atoms with Crippen LogP contribution >= 0.6 is 34.2 Å². The Labute approximate surface area is 107 Å². The van der Waals surface area contributed by atoms with Crippen LogP contribution in [0.15, 0.2) is 6.07 Å². The molecule has 0 saturated carbocycles. The van der Waals surface area contributed by atoms with Crippen molar-refractivity contribution in [1.29, 1.82) is 0 Å². The van der Waals surface area contributed by atoms with E-state index >= 15 is 0 Å². The lowest BCUT2D eigenvalue weighted by Crippen LogP contribution is -2.19. The lowest BCUT2D eigenvalue weighted by Gasteiger charge is -2.13. The molecule has 8 heteroatoms. The van der Waals surface area contributed by atoms with Gasteiger partial charge in [0.15, 0.2) is 12.0 Å². The van der Waals surface area contributed by atoms with E-state index in [1.165, 1.54) is 6.07 Å². The molecule has 0 fully saturated rings. The average Bonchev–Trinajstić information content (AvgIpc) is 2.18. The van der Waals surface area contributed by atoms with Gasteiger partial charge >= 0.3 is 6.36 Å². The Morgan fingerprint density at radius 2 is 2.19 bits per heavy atom. The molecule has 0 aliphatic rings. The van der Waals surface area contributed by atoms with Crippen molar-refractivity contribution < 1.29 is 22.7 Å². The Bertz CT molecular complexity index is 411. The molecule has 0 bridgehead atoms. The van der Waals surface area contributed by atoms with Crippen LogP contribution in [-0.2, 0) is 5.88 Å². The number of pyridine rings is 1. The fourth-order valence-electron chi connectivity index (χ4n) is 0.984. The van der Waals surface area contributed by atoms with Gasteiger partial charge < -0.3 is 4.74 Å². The van der Waals surface area contributed by atoms with Crippen molar-refractivity contribution in [2.24, 2.45) is 0 Å². The van der Waals surface area contributed by atoms with Crippen LogP contribution in [0.4, 0.5) is 13.2 Å². The number of ether oxygens (including phenoxy) is 1. The van der Waals surface area contributed by atoms with E-state index in [2.05, 4.69) is 9.72 Å². The molecule has 0 amide bonds. The molecule has 0 saturated heterocycles. The molecule has 1 aromatic heterocycles. The molecule has 1 heterocycles. The molecular weight excluding hydrogens is 361 g/mol. The smallest absolute Gasteiger partial charge is 0.403 e. The zero-order valence-corrected chi connectivity index (χ0v) is 10.4. The van der Waals surface area contributed by atoms with Crippen LogP contribution < -0.4 is 4.74 Å². The van der Waals surface area contributed by atoms with Crippen molar-refractivity contribution in [2.45, 2.75) is 12.2 Å². The Hall–Kier alpha value is -0.570. The number of hydrogen-bond acceptors (Lipinski definition) is 3. The summed E-state index contributed by atoms with van der Waals surface area (Å²) in [5.41, 5.74) is -0.347. The highest BCUT2D eigenvalue weighted by Gasteiger charge is 2.33. The van der Waals surface area contributed by atoms with Crippen molar-refractivity contribution in [3.63, 3.8) is 0 Å². The van der Waals surface area contributed by atoms with E-state index in [9.17, 15) is 18.0 Å². The van der Waals surface area contributed by atoms with E-state index in [0.717, 1.165) is 0 Å². The summed E-state index contributed by atoms with van der Waals surface area (Å²) in [5.74, 6) is -0.916. The van der Waals surface area contributed by atoms with Crippen molar-refractivity contribution in [2.75, 3.05) is 0 Å². The third kappa shape index (κ3) is 3.48. The topological polar surface area (TPSA) is 39.2 Å². The highest BCUT2D eigenvalue weighted by Crippen LogP contribution is 2.30. The molecule has 0 radical (unpaired) electrons. The lowest BCUT2D eigenvalue weighted by atomic mass is 10.2. The number of carbonyl (C=O) groups is 1. The molecule has 0 aliphatic carbocycles. The summed E-state index contributed by atoms with van der Waals surface area (Å²) in [7, 11) is 0. The second-order valence-electron chi connectivity index (χ2n) is 2.61. The molecule has 88 valence electrons. The maximum absolute atomic E-state index is 12.1. The van der Waals surface area contributed by atoms with E-state index in [1.54, 1.807) is 22.6 Å². The van der Waals surface area contributed by atoms with Gasteiger partial charge in [-0.1, -0.05) is 0 Å². The number of carbonyl (C=O) groups excluding carboxylic acids is 1. The molecule has 16 heavy (non-hydrogen) atoms. The number of aromatic nitrogens is 1.